The predicted octanol–water partition coefficient (Wildman–Crippen LogP) is 3.79. The number of nitrogens with zero attached hydrogens (tertiary/aromatic N) is 1. The maximum absolute atomic E-state index is 4.24. The fourth-order valence-corrected chi connectivity index (χ4v) is 0.980. The fourth-order valence-electron chi connectivity index (χ4n) is 0.980. The molecule has 1 nitrogen and oxygen atoms in total. The molecule has 0 N–H and O–H groups in total. The van der Waals surface area contributed by atoms with Crippen molar-refractivity contribution in [1.82, 2.24) is 0 Å². The van der Waals surface area contributed by atoms with E-state index in [1.807, 2.05) is 20.1 Å². The second kappa shape index (κ2) is 7.31. The van der Waals surface area contributed by atoms with Crippen LogP contribution < -0.4 is 0 Å². The molecule has 0 aliphatic heterocycles. The van der Waals surface area contributed by atoms with Crippen LogP contribution in [0.15, 0.2) is 40.9 Å². The molecule has 0 aliphatic carbocycles. The van der Waals surface area contributed by atoms with E-state index in [1.165, 1.54) is 5.57 Å². The highest BCUT2D eigenvalue weighted by Crippen LogP contribution is 2.09. The van der Waals surface area contributed by atoms with Gasteiger partial charge in [0.05, 0.1) is 6.54 Å². The molecule has 0 saturated carbocycles. The minimum atomic E-state index is 0.544. The lowest BCUT2D eigenvalue weighted by Gasteiger charge is -2.03. The smallest absolute Gasteiger partial charge is 0.0594 e. The van der Waals surface area contributed by atoms with Crippen LogP contribution >= 0.6 is 0 Å². The molecule has 0 rings (SSSR count). The summed E-state index contributed by atoms with van der Waals surface area (Å²) in [5, 5.41) is 0. The minimum absolute atomic E-state index is 0.544. The average molecular weight is 191 g/mol. The summed E-state index contributed by atoms with van der Waals surface area (Å²) in [4.78, 5) is 4.24. The number of hydrogen-bond donors (Lipinski definition) is 0. The Balaban J connectivity index is 4.29. The SMILES string of the molecule is C=C(C)C\N=C/C=C(\C=C\C)C(C)C. The van der Waals surface area contributed by atoms with Gasteiger partial charge in [0.1, 0.15) is 0 Å². The third kappa shape index (κ3) is 6.41. The van der Waals surface area contributed by atoms with Crippen molar-refractivity contribution in [2.45, 2.75) is 27.7 Å². The quantitative estimate of drug-likeness (QED) is 0.356. The van der Waals surface area contributed by atoms with E-state index in [2.05, 4.69) is 43.6 Å². The standard InChI is InChI=1S/C13H21N/c1-6-7-13(12(4)5)8-9-14-10-11(2)3/h6-9,12H,2,10H2,1,3-5H3/b7-6+,13-8+,14-9-. The van der Waals surface area contributed by atoms with Crippen molar-refractivity contribution in [2.75, 3.05) is 6.54 Å². The lowest BCUT2D eigenvalue weighted by molar-refractivity contribution is 0.793. The molecule has 0 aromatic carbocycles. The zero-order valence-corrected chi connectivity index (χ0v) is 9.75. The Hall–Kier alpha value is -1.11. The molecule has 0 fully saturated rings. The molecular weight excluding hydrogens is 170 g/mol. The molecule has 0 bridgehead atoms. The van der Waals surface area contributed by atoms with E-state index in [4.69, 9.17) is 0 Å². The van der Waals surface area contributed by atoms with Gasteiger partial charge in [0.15, 0.2) is 0 Å². The Morgan fingerprint density at radius 3 is 2.50 bits per heavy atom. The van der Waals surface area contributed by atoms with Gasteiger partial charge < -0.3 is 0 Å². The van der Waals surface area contributed by atoms with E-state index >= 15 is 0 Å². The van der Waals surface area contributed by atoms with Crippen molar-refractivity contribution in [3.05, 3.63) is 36.0 Å². The lowest BCUT2D eigenvalue weighted by atomic mass is 10.0. The normalized spacial score (nSPS) is 13.4. The predicted molar refractivity (Wildman–Crippen MR) is 65.9 cm³/mol. The van der Waals surface area contributed by atoms with Crippen LogP contribution in [0, 0.1) is 5.92 Å². The van der Waals surface area contributed by atoms with Crippen molar-refractivity contribution in [2.24, 2.45) is 10.9 Å². The van der Waals surface area contributed by atoms with E-state index in [0.717, 1.165) is 12.1 Å². The highest BCUT2D eigenvalue weighted by Gasteiger charge is 1.95. The molecule has 0 unspecified atom stereocenters. The van der Waals surface area contributed by atoms with Gasteiger partial charge >= 0.3 is 0 Å². The third-order valence-corrected chi connectivity index (χ3v) is 1.76. The molecule has 0 aromatic rings. The maximum Gasteiger partial charge on any atom is 0.0594 e. The molecule has 0 amide bonds. The summed E-state index contributed by atoms with van der Waals surface area (Å²) in [5.74, 6) is 0.544. The van der Waals surface area contributed by atoms with Gasteiger partial charge in [-0.3, -0.25) is 4.99 Å². The highest BCUT2D eigenvalue weighted by molar-refractivity contribution is 5.73. The van der Waals surface area contributed by atoms with E-state index < -0.39 is 0 Å². The summed E-state index contributed by atoms with van der Waals surface area (Å²) in [7, 11) is 0. The monoisotopic (exact) mass is 191 g/mol. The lowest BCUT2D eigenvalue weighted by Crippen LogP contribution is -1.91. The van der Waals surface area contributed by atoms with Gasteiger partial charge in [-0.2, -0.15) is 0 Å². The molecule has 0 aromatic heterocycles. The first kappa shape index (κ1) is 12.9. The third-order valence-electron chi connectivity index (χ3n) is 1.76. The Morgan fingerprint density at radius 2 is 2.07 bits per heavy atom. The van der Waals surface area contributed by atoms with Crippen molar-refractivity contribution >= 4 is 6.21 Å². The first-order valence-corrected chi connectivity index (χ1v) is 5.05. The Morgan fingerprint density at radius 1 is 1.43 bits per heavy atom. The molecule has 0 spiro atoms. The van der Waals surface area contributed by atoms with Gasteiger partial charge in [-0.25, -0.2) is 0 Å². The van der Waals surface area contributed by atoms with Crippen LogP contribution in [-0.2, 0) is 0 Å². The van der Waals surface area contributed by atoms with Crippen LogP contribution in [0.25, 0.3) is 0 Å². The number of aliphatic imine (C=N–C) groups is 1. The van der Waals surface area contributed by atoms with E-state index in [-0.39, 0.29) is 0 Å². The molecular formula is C13H21N. The molecule has 1 heteroatoms. The summed E-state index contributed by atoms with van der Waals surface area (Å²) in [6.45, 7) is 12.9. The second-order valence-electron chi connectivity index (χ2n) is 3.77. The van der Waals surface area contributed by atoms with Gasteiger partial charge in [0.25, 0.3) is 0 Å². The first-order chi connectivity index (χ1) is 6.57. The summed E-state index contributed by atoms with van der Waals surface area (Å²) < 4.78 is 0. The van der Waals surface area contributed by atoms with Crippen molar-refractivity contribution in [1.29, 1.82) is 0 Å². The Kier molecular flexibility index (Phi) is 6.73. The van der Waals surface area contributed by atoms with E-state index in [9.17, 15) is 0 Å². The van der Waals surface area contributed by atoms with Crippen LogP contribution in [0.3, 0.4) is 0 Å². The molecule has 78 valence electrons. The topological polar surface area (TPSA) is 12.4 Å². The van der Waals surface area contributed by atoms with E-state index in [0.29, 0.717) is 5.92 Å². The summed E-state index contributed by atoms with van der Waals surface area (Å²) in [5.41, 5.74) is 2.39. The Bertz CT molecular complexity index is 254. The van der Waals surface area contributed by atoms with Gasteiger partial charge in [-0.15, -0.1) is 0 Å². The zero-order chi connectivity index (χ0) is 11.0. The Labute approximate surface area is 87.9 Å². The summed E-state index contributed by atoms with van der Waals surface area (Å²) >= 11 is 0. The van der Waals surface area contributed by atoms with Gasteiger partial charge in [0.2, 0.25) is 0 Å². The van der Waals surface area contributed by atoms with Crippen LogP contribution in [0.1, 0.15) is 27.7 Å². The number of allylic oxidation sites excluding steroid dienone is 4. The molecule has 14 heavy (non-hydrogen) atoms. The van der Waals surface area contributed by atoms with Crippen molar-refractivity contribution < 1.29 is 0 Å². The number of hydrogen-bond acceptors (Lipinski definition) is 1. The molecule has 0 heterocycles. The van der Waals surface area contributed by atoms with Crippen LogP contribution in [-0.4, -0.2) is 12.8 Å². The largest absolute Gasteiger partial charge is 0.289 e. The van der Waals surface area contributed by atoms with Gasteiger partial charge in [-0.1, -0.05) is 38.2 Å². The highest BCUT2D eigenvalue weighted by atomic mass is 14.7. The van der Waals surface area contributed by atoms with Crippen molar-refractivity contribution in [3.63, 3.8) is 0 Å². The van der Waals surface area contributed by atoms with Crippen LogP contribution in [0.2, 0.25) is 0 Å². The van der Waals surface area contributed by atoms with E-state index in [1.54, 1.807) is 0 Å². The van der Waals surface area contributed by atoms with Gasteiger partial charge in [0, 0.05) is 6.21 Å². The van der Waals surface area contributed by atoms with Gasteiger partial charge in [-0.05, 0) is 31.4 Å². The minimum Gasteiger partial charge on any atom is -0.289 e. The molecule has 0 saturated heterocycles. The van der Waals surface area contributed by atoms with Crippen LogP contribution in [0.4, 0.5) is 0 Å². The van der Waals surface area contributed by atoms with Crippen molar-refractivity contribution in [3.8, 4) is 0 Å². The molecule has 0 aliphatic rings. The zero-order valence-electron chi connectivity index (χ0n) is 9.75. The average Bonchev–Trinajstić information content (AvgIpc) is 2.09. The maximum atomic E-state index is 4.24. The molecule has 0 radical (unpaired) electrons. The first-order valence-electron chi connectivity index (χ1n) is 5.05. The van der Waals surface area contributed by atoms with Crippen LogP contribution in [0.5, 0.6) is 0 Å². The molecule has 0 atom stereocenters. The number of rotatable bonds is 5. The summed E-state index contributed by atoms with van der Waals surface area (Å²) in [6, 6.07) is 0. The second-order valence-corrected chi connectivity index (χ2v) is 3.77. The summed E-state index contributed by atoms with van der Waals surface area (Å²) in [6.07, 6.45) is 8.10. The fraction of sp³-hybridized carbons (Fsp3) is 0.462.